The Balaban J connectivity index is 0.00000208. The van der Waals surface area contributed by atoms with Gasteiger partial charge in [0.25, 0.3) is 0 Å². The second-order valence-corrected chi connectivity index (χ2v) is 6.99. The normalized spacial score (nSPS) is 24.0. The van der Waals surface area contributed by atoms with Crippen molar-refractivity contribution in [3.8, 4) is 0 Å². The monoisotopic (exact) mass is 373 g/mol. The quantitative estimate of drug-likeness (QED) is 0.823. The summed E-state index contributed by atoms with van der Waals surface area (Å²) in [5.41, 5.74) is 0.534. The van der Waals surface area contributed by atoms with E-state index >= 15 is 0 Å². The van der Waals surface area contributed by atoms with E-state index in [1.807, 2.05) is 0 Å². The largest absolute Gasteiger partial charge is 0.343 e. The third kappa shape index (κ3) is 4.40. The van der Waals surface area contributed by atoms with Crippen LogP contribution in [-0.2, 0) is 16.0 Å². The maximum Gasteiger partial charge on any atom is 0.246 e. The number of hydrogen-bond donors (Lipinski definition) is 2. The molecule has 0 aromatic heterocycles. The van der Waals surface area contributed by atoms with E-state index in [4.69, 9.17) is 0 Å². The molecule has 0 bridgehead atoms. The molecule has 3 rings (SSSR count). The van der Waals surface area contributed by atoms with Gasteiger partial charge >= 0.3 is 0 Å². The third-order valence-corrected chi connectivity index (χ3v) is 5.47. The summed E-state index contributed by atoms with van der Waals surface area (Å²) in [6.45, 7) is 2.92. The number of carbonyl (C=O) groups is 2. The first-order valence-corrected chi connectivity index (χ1v) is 8.85. The van der Waals surface area contributed by atoms with Crippen molar-refractivity contribution >= 4 is 36.0 Å². The highest BCUT2D eigenvalue weighted by molar-refractivity contribution is 8.00. The first-order chi connectivity index (χ1) is 11.1. The van der Waals surface area contributed by atoms with Gasteiger partial charge in [-0.3, -0.25) is 9.59 Å². The van der Waals surface area contributed by atoms with E-state index in [1.54, 1.807) is 23.1 Å². The zero-order valence-electron chi connectivity index (χ0n) is 13.2. The van der Waals surface area contributed by atoms with Crippen LogP contribution in [0, 0.1) is 5.82 Å². The molecular weight excluding hydrogens is 353 g/mol. The lowest BCUT2D eigenvalue weighted by atomic mass is 10.1. The number of nitrogens with one attached hydrogen (secondary N) is 2. The number of nitrogens with zero attached hydrogens (tertiary/aromatic N) is 1. The van der Waals surface area contributed by atoms with Crippen molar-refractivity contribution in [2.45, 2.75) is 17.7 Å². The third-order valence-electron chi connectivity index (χ3n) is 4.16. The van der Waals surface area contributed by atoms with Gasteiger partial charge in [0.15, 0.2) is 0 Å². The Morgan fingerprint density at radius 2 is 2.00 bits per heavy atom. The molecule has 8 heteroatoms. The zero-order valence-corrected chi connectivity index (χ0v) is 14.8. The van der Waals surface area contributed by atoms with E-state index < -0.39 is 6.04 Å². The fourth-order valence-corrected chi connectivity index (χ4v) is 4.02. The summed E-state index contributed by atoms with van der Waals surface area (Å²) < 4.78 is 13.7. The van der Waals surface area contributed by atoms with Crippen LogP contribution in [-0.4, -0.2) is 59.9 Å². The highest BCUT2D eigenvalue weighted by atomic mass is 35.5. The van der Waals surface area contributed by atoms with Gasteiger partial charge in [-0.15, -0.1) is 24.2 Å². The minimum absolute atomic E-state index is 0. The SMILES string of the molecule is Cl.O=C1NC(C(=O)N2CCNCC2)CSC1Cc1ccccc1F. The van der Waals surface area contributed by atoms with E-state index in [-0.39, 0.29) is 35.3 Å². The molecule has 5 nitrogen and oxygen atoms in total. The topological polar surface area (TPSA) is 61.4 Å². The number of carbonyl (C=O) groups excluding carboxylic acids is 2. The fourth-order valence-electron chi connectivity index (χ4n) is 2.85. The number of rotatable bonds is 3. The number of piperazine rings is 1. The molecule has 2 N–H and O–H groups in total. The van der Waals surface area contributed by atoms with Crippen molar-refractivity contribution in [2.75, 3.05) is 31.9 Å². The van der Waals surface area contributed by atoms with Gasteiger partial charge < -0.3 is 15.5 Å². The summed E-state index contributed by atoms with van der Waals surface area (Å²) in [7, 11) is 0. The predicted octanol–water partition coefficient (Wildman–Crippen LogP) is 0.822. The molecule has 2 saturated heterocycles. The number of halogens is 2. The van der Waals surface area contributed by atoms with E-state index in [0.717, 1.165) is 13.1 Å². The molecule has 1 aromatic rings. The summed E-state index contributed by atoms with van der Waals surface area (Å²) >= 11 is 1.43. The van der Waals surface area contributed by atoms with Gasteiger partial charge in [0.1, 0.15) is 11.9 Å². The van der Waals surface area contributed by atoms with Crippen LogP contribution in [0.4, 0.5) is 4.39 Å². The van der Waals surface area contributed by atoms with Crippen molar-refractivity contribution < 1.29 is 14.0 Å². The summed E-state index contributed by atoms with van der Waals surface area (Å²) in [4.78, 5) is 26.5. The number of amides is 2. The fraction of sp³-hybridized carbons (Fsp3) is 0.500. The molecule has 132 valence electrons. The second-order valence-electron chi connectivity index (χ2n) is 5.75. The Bertz CT molecular complexity index is 598. The van der Waals surface area contributed by atoms with Gasteiger partial charge in [0, 0.05) is 31.9 Å². The molecule has 2 atom stereocenters. The molecule has 2 aliphatic heterocycles. The molecule has 0 aliphatic carbocycles. The van der Waals surface area contributed by atoms with Crippen LogP contribution in [0.5, 0.6) is 0 Å². The molecule has 0 spiro atoms. The highest BCUT2D eigenvalue weighted by Crippen LogP contribution is 2.24. The minimum atomic E-state index is -0.470. The molecule has 0 radical (unpaired) electrons. The van der Waals surface area contributed by atoms with Crippen LogP contribution >= 0.6 is 24.2 Å². The average Bonchev–Trinajstić information content (AvgIpc) is 2.58. The van der Waals surface area contributed by atoms with Crippen molar-refractivity contribution in [2.24, 2.45) is 0 Å². The molecule has 2 amide bonds. The van der Waals surface area contributed by atoms with Gasteiger partial charge in [-0.1, -0.05) is 18.2 Å². The zero-order chi connectivity index (χ0) is 16.2. The Hall–Kier alpha value is -1.31. The van der Waals surface area contributed by atoms with Crippen LogP contribution in [0.3, 0.4) is 0 Å². The molecule has 0 saturated carbocycles. The lowest BCUT2D eigenvalue weighted by molar-refractivity contribution is -0.136. The van der Waals surface area contributed by atoms with Gasteiger partial charge in [-0.2, -0.15) is 0 Å². The van der Waals surface area contributed by atoms with E-state index in [2.05, 4.69) is 10.6 Å². The van der Waals surface area contributed by atoms with Gasteiger partial charge in [-0.25, -0.2) is 4.39 Å². The molecule has 2 fully saturated rings. The Morgan fingerprint density at radius 3 is 2.67 bits per heavy atom. The van der Waals surface area contributed by atoms with Crippen LogP contribution in [0.1, 0.15) is 5.56 Å². The van der Waals surface area contributed by atoms with Gasteiger partial charge in [-0.05, 0) is 18.1 Å². The maximum absolute atomic E-state index is 13.7. The van der Waals surface area contributed by atoms with Crippen LogP contribution in [0.15, 0.2) is 24.3 Å². The number of benzene rings is 1. The minimum Gasteiger partial charge on any atom is -0.343 e. The maximum atomic E-state index is 13.7. The second kappa shape index (κ2) is 8.69. The number of hydrogen-bond acceptors (Lipinski definition) is 4. The smallest absolute Gasteiger partial charge is 0.246 e. The molecule has 2 heterocycles. The molecule has 2 unspecified atom stereocenters. The van der Waals surface area contributed by atoms with Crippen molar-refractivity contribution in [3.05, 3.63) is 35.6 Å². The first-order valence-electron chi connectivity index (χ1n) is 7.80. The summed E-state index contributed by atoms with van der Waals surface area (Å²) in [5.74, 6) is 0.0442. The molecular formula is C16H21ClFN3O2S. The standard InChI is InChI=1S/C16H20FN3O2S.ClH/c17-12-4-2-1-3-11(12)9-14-15(21)19-13(10-23-14)16(22)20-7-5-18-6-8-20;/h1-4,13-14,18H,5-10H2,(H,19,21);1H. The lowest BCUT2D eigenvalue weighted by Crippen LogP contribution is -2.58. The Kier molecular flexibility index (Phi) is 6.89. The highest BCUT2D eigenvalue weighted by Gasteiger charge is 2.35. The van der Waals surface area contributed by atoms with Crippen LogP contribution < -0.4 is 10.6 Å². The molecule has 1 aromatic carbocycles. The molecule has 2 aliphatic rings. The Morgan fingerprint density at radius 1 is 1.29 bits per heavy atom. The van der Waals surface area contributed by atoms with Crippen molar-refractivity contribution in [3.63, 3.8) is 0 Å². The van der Waals surface area contributed by atoms with Crippen molar-refractivity contribution in [1.82, 2.24) is 15.5 Å². The summed E-state index contributed by atoms with van der Waals surface area (Å²) in [6, 6.07) is 6.02. The van der Waals surface area contributed by atoms with Crippen LogP contribution in [0.2, 0.25) is 0 Å². The van der Waals surface area contributed by atoms with E-state index in [0.29, 0.717) is 30.8 Å². The van der Waals surface area contributed by atoms with Crippen molar-refractivity contribution in [1.29, 1.82) is 0 Å². The van der Waals surface area contributed by atoms with E-state index in [1.165, 1.54) is 17.8 Å². The van der Waals surface area contributed by atoms with Gasteiger partial charge in [0.05, 0.1) is 5.25 Å². The number of thioether (sulfide) groups is 1. The van der Waals surface area contributed by atoms with Gasteiger partial charge in [0.2, 0.25) is 11.8 Å². The summed E-state index contributed by atoms with van der Waals surface area (Å²) in [5, 5.41) is 5.66. The Labute approximate surface area is 151 Å². The first kappa shape index (κ1) is 19.0. The predicted molar refractivity (Wildman–Crippen MR) is 95.0 cm³/mol. The summed E-state index contributed by atoms with van der Waals surface area (Å²) in [6.07, 6.45) is 0.345. The van der Waals surface area contributed by atoms with E-state index in [9.17, 15) is 14.0 Å². The molecule has 24 heavy (non-hydrogen) atoms. The average molecular weight is 374 g/mol. The lowest BCUT2D eigenvalue weighted by Gasteiger charge is -2.34. The van der Waals surface area contributed by atoms with Crippen LogP contribution in [0.25, 0.3) is 0 Å².